The number of rotatable bonds is 3. The first-order valence-electron chi connectivity index (χ1n) is 7.39. The first-order valence-corrected chi connectivity index (χ1v) is 7.39. The molecule has 0 atom stereocenters. The van der Waals surface area contributed by atoms with E-state index < -0.39 is 0 Å². The summed E-state index contributed by atoms with van der Waals surface area (Å²) in [5.41, 5.74) is 2.39. The van der Waals surface area contributed by atoms with Crippen molar-refractivity contribution >= 4 is 17.5 Å². The lowest BCUT2D eigenvalue weighted by Gasteiger charge is -2.18. The minimum absolute atomic E-state index is 0.250. The summed E-state index contributed by atoms with van der Waals surface area (Å²) in [4.78, 5) is 23.4. The largest absolute Gasteiger partial charge is 0.361 e. The fourth-order valence-electron chi connectivity index (χ4n) is 2.59. The number of carbonyl (C=O) groups is 1. The maximum absolute atomic E-state index is 12.2. The molecule has 116 valence electrons. The highest BCUT2D eigenvalue weighted by atomic mass is 16.5. The van der Waals surface area contributed by atoms with Gasteiger partial charge in [0.15, 0.2) is 5.69 Å². The Balaban J connectivity index is 1.83. The molecular weight excluding hydrogens is 282 g/mol. The van der Waals surface area contributed by atoms with E-state index >= 15 is 0 Å². The Bertz CT molecular complexity index is 681. The third-order valence-electron chi connectivity index (χ3n) is 3.75. The van der Waals surface area contributed by atoms with E-state index in [0.717, 1.165) is 30.4 Å². The lowest BCUT2D eigenvalue weighted by molar-refractivity contribution is 0.101. The molecule has 22 heavy (non-hydrogen) atoms. The molecule has 1 N–H and O–H groups in total. The lowest BCUT2D eigenvalue weighted by Crippen LogP contribution is -2.22. The van der Waals surface area contributed by atoms with Crippen LogP contribution in [0.1, 0.15) is 40.5 Å². The molecule has 1 aliphatic heterocycles. The summed E-state index contributed by atoms with van der Waals surface area (Å²) in [6.45, 7) is 7.47. The monoisotopic (exact) mass is 301 g/mol. The maximum atomic E-state index is 12.2. The zero-order valence-electron chi connectivity index (χ0n) is 13.0. The van der Waals surface area contributed by atoms with Gasteiger partial charge in [-0.15, -0.1) is 0 Å². The van der Waals surface area contributed by atoms with Crippen LogP contribution in [0.2, 0.25) is 0 Å². The second-order valence-corrected chi connectivity index (χ2v) is 5.54. The second-order valence-electron chi connectivity index (χ2n) is 5.54. The van der Waals surface area contributed by atoms with Crippen molar-refractivity contribution in [1.29, 1.82) is 0 Å². The molecule has 0 aromatic carbocycles. The zero-order chi connectivity index (χ0) is 15.7. The van der Waals surface area contributed by atoms with Crippen molar-refractivity contribution in [2.75, 3.05) is 23.3 Å². The molecule has 0 radical (unpaired) electrons. The number of nitrogens with zero attached hydrogens (tertiary/aromatic N) is 4. The van der Waals surface area contributed by atoms with Crippen molar-refractivity contribution in [3.8, 4) is 0 Å². The van der Waals surface area contributed by atoms with Crippen molar-refractivity contribution in [2.45, 2.75) is 33.6 Å². The SMILES string of the molecule is Cc1cc(C(=O)Nc2c(C)nc(N3CCCC3)nc2C)no1. The minimum atomic E-state index is -0.319. The number of aromatic nitrogens is 3. The fourth-order valence-corrected chi connectivity index (χ4v) is 2.59. The van der Waals surface area contributed by atoms with Crippen molar-refractivity contribution in [1.82, 2.24) is 15.1 Å². The number of carbonyl (C=O) groups excluding carboxylic acids is 1. The lowest BCUT2D eigenvalue weighted by atomic mass is 10.2. The van der Waals surface area contributed by atoms with Gasteiger partial charge in [0.25, 0.3) is 5.91 Å². The van der Waals surface area contributed by atoms with E-state index in [9.17, 15) is 4.79 Å². The van der Waals surface area contributed by atoms with Crippen molar-refractivity contribution in [3.63, 3.8) is 0 Å². The summed E-state index contributed by atoms with van der Waals surface area (Å²) >= 11 is 0. The topological polar surface area (TPSA) is 84.2 Å². The third-order valence-corrected chi connectivity index (χ3v) is 3.75. The molecular formula is C15H19N5O2. The van der Waals surface area contributed by atoms with Crippen LogP contribution in [0.25, 0.3) is 0 Å². The van der Waals surface area contributed by atoms with Gasteiger partial charge in [-0.1, -0.05) is 5.16 Å². The quantitative estimate of drug-likeness (QED) is 0.936. The number of hydrogen-bond acceptors (Lipinski definition) is 6. The molecule has 0 saturated carbocycles. The molecule has 1 amide bonds. The van der Waals surface area contributed by atoms with Gasteiger partial charge in [0.05, 0.1) is 17.1 Å². The number of amides is 1. The smallest absolute Gasteiger partial charge is 0.277 e. The Morgan fingerprint density at radius 2 is 1.82 bits per heavy atom. The average Bonchev–Trinajstić information content (AvgIpc) is 3.13. The minimum Gasteiger partial charge on any atom is -0.361 e. The van der Waals surface area contributed by atoms with Crippen LogP contribution in [-0.4, -0.2) is 34.1 Å². The molecule has 1 saturated heterocycles. The first kappa shape index (κ1) is 14.5. The van der Waals surface area contributed by atoms with Gasteiger partial charge < -0.3 is 14.7 Å². The molecule has 0 unspecified atom stereocenters. The molecule has 0 bridgehead atoms. The van der Waals surface area contributed by atoms with E-state index in [1.165, 1.54) is 12.8 Å². The predicted octanol–water partition coefficient (Wildman–Crippen LogP) is 2.24. The van der Waals surface area contributed by atoms with Crippen LogP contribution in [0.3, 0.4) is 0 Å². The predicted molar refractivity (Wildman–Crippen MR) is 82.1 cm³/mol. The van der Waals surface area contributed by atoms with Crippen molar-refractivity contribution < 1.29 is 9.32 Å². The third kappa shape index (κ3) is 2.79. The van der Waals surface area contributed by atoms with Crippen LogP contribution < -0.4 is 10.2 Å². The molecule has 3 heterocycles. The number of aryl methyl sites for hydroxylation is 3. The van der Waals surface area contributed by atoms with E-state index in [1.54, 1.807) is 13.0 Å². The van der Waals surface area contributed by atoms with Gasteiger partial charge >= 0.3 is 0 Å². The van der Waals surface area contributed by atoms with Gasteiger partial charge in [0.1, 0.15) is 5.76 Å². The van der Waals surface area contributed by atoms with Gasteiger partial charge in [-0.2, -0.15) is 0 Å². The van der Waals surface area contributed by atoms with Crippen LogP contribution in [0.4, 0.5) is 11.6 Å². The molecule has 2 aromatic heterocycles. The van der Waals surface area contributed by atoms with Gasteiger partial charge in [0, 0.05) is 19.2 Å². The Morgan fingerprint density at radius 1 is 1.18 bits per heavy atom. The summed E-state index contributed by atoms with van der Waals surface area (Å²) in [6, 6.07) is 1.60. The van der Waals surface area contributed by atoms with E-state index in [-0.39, 0.29) is 11.6 Å². The second kappa shape index (κ2) is 5.75. The average molecular weight is 301 g/mol. The summed E-state index contributed by atoms with van der Waals surface area (Å²) in [6.07, 6.45) is 2.34. The summed E-state index contributed by atoms with van der Waals surface area (Å²) in [5, 5.41) is 6.54. The Kier molecular flexibility index (Phi) is 3.79. The van der Waals surface area contributed by atoms with E-state index in [0.29, 0.717) is 11.4 Å². The van der Waals surface area contributed by atoms with Crippen LogP contribution in [-0.2, 0) is 0 Å². The van der Waals surface area contributed by atoms with Gasteiger partial charge in [-0.25, -0.2) is 9.97 Å². The van der Waals surface area contributed by atoms with Crippen LogP contribution >= 0.6 is 0 Å². The van der Waals surface area contributed by atoms with E-state index in [1.807, 2.05) is 13.8 Å². The van der Waals surface area contributed by atoms with Crippen molar-refractivity contribution in [3.05, 3.63) is 28.9 Å². The standard InChI is InChI=1S/C15H19N5O2/c1-9-8-12(19-22-9)14(21)18-13-10(2)16-15(17-11(13)3)20-6-4-5-7-20/h8H,4-7H2,1-3H3,(H,18,21). The van der Waals surface area contributed by atoms with Gasteiger partial charge in [-0.3, -0.25) is 4.79 Å². The van der Waals surface area contributed by atoms with Crippen LogP contribution in [0, 0.1) is 20.8 Å². The molecule has 0 spiro atoms. The molecule has 0 aliphatic carbocycles. The van der Waals surface area contributed by atoms with Gasteiger partial charge in [0.2, 0.25) is 5.95 Å². The number of hydrogen-bond donors (Lipinski definition) is 1. The molecule has 1 aliphatic rings. The fraction of sp³-hybridized carbons (Fsp3) is 0.467. The van der Waals surface area contributed by atoms with E-state index in [4.69, 9.17) is 4.52 Å². The zero-order valence-corrected chi connectivity index (χ0v) is 13.0. The van der Waals surface area contributed by atoms with Crippen molar-refractivity contribution in [2.24, 2.45) is 0 Å². The number of nitrogens with one attached hydrogen (secondary N) is 1. The van der Waals surface area contributed by atoms with Crippen LogP contribution in [0.5, 0.6) is 0 Å². The highest BCUT2D eigenvalue weighted by molar-refractivity contribution is 6.03. The van der Waals surface area contributed by atoms with Crippen LogP contribution in [0.15, 0.2) is 10.6 Å². The molecule has 1 fully saturated rings. The highest BCUT2D eigenvalue weighted by Crippen LogP contribution is 2.23. The number of anilines is 2. The molecule has 2 aromatic rings. The van der Waals surface area contributed by atoms with Gasteiger partial charge in [-0.05, 0) is 33.6 Å². The Morgan fingerprint density at radius 3 is 2.36 bits per heavy atom. The summed E-state index contributed by atoms with van der Waals surface area (Å²) < 4.78 is 4.92. The molecule has 7 nitrogen and oxygen atoms in total. The Hall–Kier alpha value is -2.44. The molecule has 3 rings (SSSR count). The Labute approximate surface area is 128 Å². The summed E-state index contributed by atoms with van der Waals surface area (Å²) in [7, 11) is 0. The highest BCUT2D eigenvalue weighted by Gasteiger charge is 2.19. The maximum Gasteiger partial charge on any atom is 0.277 e. The normalized spacial score (nSPS) is 14.4. The first-order chi connectivity index (χ1) is 10.5. The molecule has 7 heteroatoms. The van der Waals surface area contributed by atoms with E-state index in [2.05, 4.69) is 25.3 Å². The summed E-state index contributed by atoms with van der Waals surface area (Å²) in [5.74, 6) is 1.02.